The fraction of sp³-hybridized carbons (Fsp3) is 0.250. The maximum absolute atomic E-state index is 11.9. The van der Waals surface area contributed by atoms with Gasteiger partial charge in [0, 0.05) is 16.5 Å². The molecule has 0 spiro atoms. The van der Waals surface area contributed by atoms with Crippen LogP contribution in [-0.2, 0) is 0 Å². The first-order chi connectivity index (χ1) is 12.0. The number of rotatable bonds is 4. The average Bonchev–Trinajstić information content (AvgIpc) is 3.01. The number of hydrogen-bond donors (Lipinski definition) is 2. The van der Waals surface area contributed by atoms with Crippen LogP contribution in [0.1, 0.15) is 29.9 Å². The number of benzene rings is 2. The molecule has 2 aromatic carbocycles. The summed E-state index contributed by atoms with van der Waals surface area (Å²) in [5.74, 6) is 1.02. The maximum Gasteiger partial charge on any atom is 0.265 e. The molecule has 1 aromatic heterocycles. The second kappa shape index (κ2) is 7.75. The number of nitrogens with one attached hydrogen (secondary N) is 1. The minimum Gasteiger partial charge on any atom is -0.497 e. The summed E-state index contributed by atoms with van der Waals surface area (Å²) in [5.41, 5.74) is 9.43. The molecule has 3 rings (SSSR count). The van der Waals surface area contributed by atoms with Crippen molar-refractivity contribution in [3.63, 3.8) is 0 Å². The Labute approximate surface area is 147 Å². The maximum atomic E-state index is 11.9. The van der Waals surface area contributed by atoms with Crippen molar-refractivity contribution < 1.29 is 14.3 Å². The molecule has 3 N–H and O–H groups in total. The van der Waals surface area contributed by atoms with E-state index < -0.39 is 5.91 Å². The third-order valence-corrected chi connectivity index (χ3v) is 3.94. The van der Waals surface area contributed by atoms with Gasteiger partial charge in [-0.1, -0.05) is 26.0 Å². The molecule has 1 heterocycles. The van der Waals surface area contributed by atoms with Crippen LogP contribution in [-0.4, -0.2) is 25.1 Å². The van der Waals surface area contributed by atoms with E-state index in [9.17, 15) is 4.79 Å². The fourth-order valence-electron chi connectivity index (χ4n) is 2.79. The van der Waals surface area contributed by atoms with Crippen LogP contribution < -0.4 is 15.2 Å². The lowest BCUT2D eigenvalue weighted by Crippen LogP contribution is -2.12. The number of methoxy groups -OCH3 is 2. The molecule has 0 unspecified atom stereocenters. The lowest BCUT2D eigenvalue weighted by Gasteiger charge is -2.07. The van der Waals surface area contributed by atoms with Crippen molar-refractivity contribution in [2.45, 2.75) is 20.8 Å². The molecule has 0 aliphatic carbocycles. The van der Waals surface area contributed by atoms with Gasteiger partial charge < -0.3 is 20.2 Å². The Morgan fingerprint density at radius 2 is 1.68 bits per heavy atom. The van der Waals surface area contributed by atoms with Crippen LogP contribution in [0.5, 0.6) is 11.5 Å². The van der Waals surface area contributed by atoms with Gasteiger partial charge in [-0.3, -0.25) is 4.79 Å². The Morgan fingerprint density at radius 1 is 1.04 bits per heavy atom. The average molecular weight is 340 g/mol. The molecule has 5 heteroatoms. The summed E-state index contributed by atoms with van der Waals surface area (Å²) >= 11 is 0. The Hall–Kier alpha value is -2.95. The number of ether oxygens (including phenoxy) is 2. The number of primary amides is 1. The molecule has 5 nitrogen and oxygen atoms in total. The number of hydrogen-bond acceptors (Lipinski definition) is 3. The van der Waals surface area contributed by atoms with Gasteiger partial charge >= 0.3 is 0 Å². The van der Waals surface area contributed by atoms with E-state index in [2.05, 4.69) is 4.98 Å². The molecule has 0 atom stereocenters. The van der Waals surface area contributed by atoms with Gasteiger partial charge in [0.2, 0.25) is 0 Å². The first kappa shape index (κ1) is 18.4. The van der Waals surface area contributed by atoms with Crippen molar-refractivity contribution in [1.29, 1.82) is 0 Å². The van der Waals surface area contributed by atoms with Crippen molar-refractivity contribution in [3.05, 3.63) is 47.7 Å². The minimum absolute atomic E-state index is 0.387. The third-order valence-electron chi connectivity index (χ3n) is 3.94. The number of aryl methyl sites for hydroxylation is 1. The van der Waals surface area contributed by atoms with Crippen molar-refractivity contribution >= 4 is 16.8 Å². The van der Waals surface area contributed by atoms with Gasteiger partial charge in [-0.2, -0.15) is 0 Å². The smallest absolute Gasteiger partial charge is 0.265 e. The van der Waals surface area contributed by atoms with E-state index in [-0.39, 0.29) is 0 Å². The first-order valence-electron chi connectivity index (χ1n) is 8.19. The molecule has 0 saturated heterocycles. The summed E-state index contributed by atoms with van der Waals surface area (Å²) in [4.78, 5) is 15.0. The van der Waals surface area contributed by atoms with E-state index in [1.807, 2.05) is 57.2 Å². The number of fused-ring (bicyclic) bond motifs is 1. The number of carbonyl (C=O) groups excluding carboxylic acids is 1. The molecule has 0 aliphatic rings. The van der Waals surface area contributed by atoms with E-state index in [0.29, 0.717) is 5.69 Å². The summed E-state index contributed by atoms with van der Waals surface area (Å²) < 4.78 is 10.6. The number of H-pyrrole nitrogens is 1. The van der Waals surface area contributed by atoms with Gasteiger partial charge in [0.25, 0.3) is 5.91 Å². The lowest BCUT2D eigenvalue weighted by molar-refractivity contribution is 0.0997. The molecule has 1 amide bonds. The van der Waals surface area contributed by atoms with Crippen molar-refractivity contribution in [3.8, 4) is 22.6 Å². The van der Waals surface area contributed by atoms with E-state index in [4.69, 9.17) is 15.2 Å². The third kappa shape index (κ3) is 3.45. The van der Waals surface area contributed by atoms with Gasteiger partial charge in [0.15, 0.2) is 0 Å². The fourth-order valence-corrected chi connectivity index (χ4v) is 2.79. The van der Waals surface area contributed by atoms with Crippen molar-refractivity contribution in [2.24, 2.45) is 5.73 Å². The highest BCUT2D eigenvalue weighted by Gasteiger charge is 2.18. The standard InChI is InChI=1S/C18H18N2O3.C2H6/c1-10-8-14-13(9-15(10)23-3)16(17(20-14)18(19)21)11-4-6-12(22-2)7-5-11;1-2/h4-9,20H,1-3H3,(H2,19,21);1-2H3. The number of amides is 1. The van der Waals surface area contributed by atoms with Crippen molar-refractivity contribution in [2.75, 3.05) is 14.2 Å². The van der Waals surface area contributed by atoms with Crippen LogP contribution in [0.3, 0.4) is 0 Å². The highest BCUT2D eigenvalue weighted by molar-refractivity contribution is 6.09. The zero-order chi connectivity index (χ0) is 18.6. The summed E-state index contributed by atoms with van der Waals surface area (Å²) in [6.45, 7) is 5.95. The number of carbonyl (C=O) groups is 1. The van der Waals surface area contributed by atoms with Gasteiger partial charge in [-0.15, -0.1) is 0 Å². The largest absolute Gasteiger partial charge is 0.497 e. The summed E-state index contributed by atoms with van der Waals surface area (Å²) in [7, 11) is 3.24. The number of aromatic nitrogens is 1. The second-order valence-electron chi connectivity index (χ2n) is 5.34. The molecule has 0 radical (unpaired) electrons. The Bertz CT molecular complexity index is 880. The summed E-state index contributed by atoms with van der Waals surface area (Å²) in [6.07, 6.45) is 0. The molecule has 3 aromatic rings. The summed E-state index contributed by atoms with van der Waals surface area (Å²) in [6, 6.07) is 11.4. The SMILES string of the molecule is CC.COc1ccc(-c2c(C(N)=O)[nH]c3cc(C)c(OC)cc23)cc1. The highest BCUT2D eigenvalue weighted by atomic mass is 16.5. The second-order valence-corrected chi connectivity index (χ2v) is 5.34. The topological polar surface area (TPSA) is 77.3 Å². The normalized spacial score (nSPS) is 10.1. The highest BCUT2D eigenvalue weighted by Crippen LogP contribution is 2.36. The van der Waals surface area contributed by atoms with Gasteiger partial charge in [0.05, 0.1) is 14.2 Å². The predicted molar refractivity (Wildman–Crippen MR) is 101 cm³/mol. The van der Waals surface area contributed by atoms with E-state index >= 15 is 0 Å². The van der Waals surface area contributed by atoms with Gasteiger partial charge in [-0.25, -0.2) is 0 Å². The van der Waals surface area contributed by atoms with E-state index in [0.717, 1.165) is 39.1 Å². The zero-order valence-electron chi connectivity index (χ0n) is 15.3. The molecule has 0 bridgehead atoms. The molecule has 132 valence electrons. The van der Waals surface area contributed by atoms with Crippen LogP contribution in [0.2, 0.25) is 0 Å². The van der Waals surface area contributed by atoms with Gasteiger partial charge in [-0.05, 0) is 42.3 Å². The Kier molecular flexibility index (Phi) is 5.70. The molecule has 0 aliphatic heterocycles. The Morgan fingerprint density at radius 3 is 2.20 bits per heavy atom. The van der Waals surface area contributed by atoms with Crippen molar-refractivity contribution in [1.82, 2.24) is 4.98 Å². The molecular weight excluding hydrogens is 316 g/mol. The van der Waals surface area contributed by atoms with Crippen LogP contribution in [0.15, 0.2) is 36.4 Å². The zero-order valence-corrected chi connectivity index (χ0v) is 15.3. The lowest BCUT2D eigenvalue weighted by atomic mass is 10.0. The van der Waals surface area contributed by atoms with Crippen LogP contribution in [0, 0.1) is 6.92 Å². The Balaban J connectivity index is 0.00000109. The molecular formula is C20H24N2O3. The molecule has 0 saturated carbocycles. The van der Waals surface area contributed by atoms with Gasteiger partial charge in [0.1, 0.15) is 17.2 Å². The number of aromatic amines is 1. The first-order valence-corrected chi connectivity index (χ1v) is 8.19. The number of nitrogens with two attached hydrogens (primary N) is 1. The summed E-state index contributed by atoms with van der Waals surface area (Å²) in [5, 5.41) is 0.895. The van der Waals surface area contributed by atoms with Crippen LogP contribution >= 0.6 is 0 Å². The monoisotopic (exact) mass is 340 g/mol. The van der Waals surface area contributed by atoms with E-state index in [1.165, 1.54) is 0 Å². The molecule has 25 heavy (non-hydrogen) atoms. The van der Waals surface area contributed by atoms with Crippen LogP contribution in [0.4, 0.5) is 0 Å². The van der Waals surface area contributed by atoms with E-state index in [1.54, 1.807) is 14.2 Å². The van der Waals surface area contributed by atoms with Crippen LogP contribution in [0.25, 0.3) is 22.0 Å². The minimum atomic E-state index is -0.497. The predicted octanol–water partition coefficient (Wildman–Crippen LogP) is 4.29. The quantitative estimate of drug-likeness (QED) is 0.744. The molecule has 0 fully saturated rings.